The number of benzene rings is 2. The number of carbonyl (C=O) groups is 2. The van der Waals surface area contributed by atoms with Crippen LogP contribution in [-0.4, -0.2) is 61.1 Å². The van der Waals surface area contributed by atoms with E-state index in [4.69, 9.17) is 4.74 Å². The number of anilines is 2. The van der Waals surface area contributed by atoms with Crippen molar-refractivity contribution in [3.63, 3.8) is 0 Å². The van der Waals surface area contributed by atoms with Gasteiger partial charge in [0.15, 0.2) is 0 Å². The number of H-pyrrole nitrogens is 1. The number of amides is 2. The molecule has 2 amide bonds. The first-order valence-electron chi connectivity index (χ1n) is 11.1. The molecule has 7 nitrogen and oxygen atoms in total. The first-order valence-corrected chi connectivity index (χ1v) is 11.1. The van der Waals surface area contributed by atoms with Gasteiger partial charge >= 0.3 is 0 Å². The van der Waals surface area contributed by atoms with Gasteiger partial charge in [-0.2, -0.15) is 0 Å². The number of likely N-dealkylation sites (N-methyl/N-ethyl adjacent to an activating group) is 1. The van der Waals surface area contributed by atoms with Crippen LogP contribution in [-0.2, 0) is 9.53 Å². The van der Waals surface area contributed by atoms with Gasteiger partial charge in [0.05, 0.1) is 13.2 Å². The second kappa shape index (κ2) is 9.44. The number of ether oxygens (including phenoxy) is 1. The van der Waals surface area contributed by atoms with Crippen molar-refractivity contribution < 1.29 is 14.3 Å². The van der Waals surface area contributed by atoms with Crippen LogP contribution in [0.15, 0.2) is 42.5 Å². The van der Waals surface area contributed by atoms with E-state index >= 15 is 0 Å². The highest BCUT2D eigenvalue weighted by molar-refractivity contribution is 6.02. The molecular weight excluding hydrogens is 404 g/mol. The van der Waals surface area contributed by atoms with Crippen molar-refractivity contribution in [2.45, 2.75) is 20.8 Å². The highest BCUT2D eigenvalue weighted by atomic mass is 16.5. The predicted molar refractivity (Wildman–Crippen MR) is 127 cm³/mol. The minimum absolute atomic E-state index is 0.00370. The van der Waals surface area contributed by atoms with Crippen LogP contribution in [0.4, 0.5) is 11.4 Å². The van der Waals surface area contributed by atoms with E-state index in [-0.39, 0.29) is 18.4 Å². The lowest BCUT2D eigenvalue weighted by atomic mass is 10.1. The fraction of sp³-hybridized carbons (Fsp3) is 0.360. The van der Waals surface area contributed by atoms with Gasteiger partial charge in [0.25, 0.3) is 5.91 Å². The molecule has 0 spiro atoms. The van der Waals surface area contributed by atoms with Crippen LogP contribution >= 0.6 is 0 Å². The summed E-state index contributed by atoms with van der Waals surface area (Å²) in [4.78, 5) is 32.8. The zero-order chi connectivity index (χ0) is 22.7. The molecular formula is C25H30N4O3. The third-order valence-corrected chi connectivity index (χ3v) is 6.09. The van der Waals surface area contributed by atoms with Crippen LogP contribution in [0.3, 0.4) is 0 Å². The Morgan fingerprint density at radius 2 is 1.81 bits per heavy atom. The van der Waals surface area contributed by atoms with Crippen molar-refractivity contribution in [1.29, 1.82) is 0 Å². The number of aryl methyl sites for hydroxylation is 2. The Kier molecular flexibility index (Phi) is 6.46. The Morgan fingerprint density at radius 3 is 2.50 bits per heavy atom. The minimum Gasteiger partial charge on any atom is -0.378 e. The largest absolute Gasteiger partial charge is 0.378 e. The van der Waals surface area contributed by atoms with Gasteiger partial charge in [-0.3, -0.25) is 9.59 Å². The van der Waals surface area contributed by atoms with E-state index in [9.17, 15) is 9.59 Å². The van der Waals surface area contributed by atoms with Gasteiger partial charge in [0.1, 0.15) is 6.54 Å². The molecule has 2 N–H and O–H groups in total. The van der Waals surface area contributed by atoms with Crippen LogP contribution in [0.1, 0.15) is 28.5 Å². The Bertz CT molecular complexity index is 1110. The van der Waals surface area contributed by atoms with Gasteiger partial charge in [-0.15, -0.1) is 0 Å². The zero-order valence-corrected chi connectivity index (χ0v) is 18.9. The number of nitrogens with zero attached hydrogens (tertiary/aromatic N) is 2. The Hall–Kier alpha value is -3.32. The summed E-state index contributed by atoms with van der Waals surface area (Å²) >= 11 is 0. The topological polar surface area (TPSA) is 77.7 Å². The molecule has 0 bridgehead atoms. The molecule has 1 saturated heterocycles. The average molecular weight is 435 g/mol. The summed E-state index contributed by atoms with van der Waals surface area (Å²) in [5, 5.41) is 3.94. The fourth-order valence-corrected chi connectivity index (χ4v) is 4.06. The molecule has 0 atom stereocenters. The van der Waals surface area contributed by atoms with Crippen LogP contribution in [0.2, 0.25) is 0 Å². The van der Waals surface area contributed by atoms with Gasteiger partial charge in [0, 0.05) is 53.2 Å². The summed E-state index contributed by atoms with van der Waals surface area (Å²) in [6.07, 6.45) is 0. The first kappa shape index (κ1) is 21.9. The highest BCUT2D eigenvalue weighted by Gasteiger charge is 2.19. The van der Waals surface area contributed by atoms with Crippen molar-refractivity contribution in [3.8, 4) is 0 Å². The molecule has 32 heavy (non-hydrogen) atoms. The smallest absolute Gasteiger partial charge is 0.254 e. The predicted octanol–water partition coefficient (Wildman–Crippen LogP) is 3.72. The average Bonchev–Trinajstić information content (AvgIpc) is 3.11. The van der Waals surface area contributed by atoms with E-state index in [0.29, 0.717) is 12.1 Å². The third kappa shape index (κ3) is 4.62. The van der Waals surface area contributed by atoms with Crippen molar-refractivity contribution in [2.75, 3.05) is 49.6 Å². The van der Waals surface area contributed by atoms with Gasteiger partial charge in [-0.25, -0.2) is 0 Å². The van der Waals surface area contributed by atoms with E-state index < -0.39 is 0 Å². The molecule has 1 aromatic heterocycles. The number of aromatic nitrogens is 1. The van der Waals surface area contributed by atoms with E-state index in [1.165, 1.54) is 0 Å². The molecule has 4 rings (SSSR count). The second-order valence-corrected chi connectivity index (χ2v) is 8.15. The van der Waals surface area contributed by atoms with Gasteiger partial charge < -0.3 is 24.8 Å². The molecule has 2 heterocycles. The maximum atomic E-state index is 13.1. The van der Waals surface area contributed by atoms with Gasteiger partial charge in [0.2, 0.25) is 5.91 Å². The number of nitrogens with one attached hydrogen (secondary N) is 2. The number of rotatable bonds is 6. The lowest BCUT2D eigenvalue weighted by Gasteiger charge is -2.29. The number of carbonyl (C=O) groups excluding carboxylic acids is 2. The number of fused-ring (bicyclic) bond motifs is 1. The second-order valence-electron chi connectivity index (χ2n) is 8.15. The summed E-state index contributed by atoms with van der Waals surface area (Å²) in [5.74, 6) is -0.362. The highest BCUT2D eigenvalue weighted by Crippen LogP contribution is 2.23. The van der Waals surface area contributed by atoms with Crippen LogP contribution in [0.25, 0.3) is 10.9 Å². The Labute approximate surface area is 188 Å². The molecule has 1 aliphatic rings. The maximum absolute atomic E-state index is 13.1. The van der Waals surface area contributed by atoms with Crippen LogP contribution < -0.4 is 10.2 Å². The normalized spacial score (nSPS) is 13.9. The number of hydrogen-bond acceptors (Lipinski definition) is 4. The van der Waals surface area contributed by atoms with Crippen molar-refractivity contribution in [3.05, 3.63) is 59.3 Å². The summed E-state index contributed by atoms with van der Waals surface area (Å²) < 4.78 is 5.39. The molecule has 0 unspecified atom stereocenters. The third-order valence-electron chi connectivity index (χ3n) is 6.09. The monoisotopic (exact) mass is 434 g/mol. The molecule has 1 aliphatic heterocycles. The first-order chi connectivity index (χ1) is 15.5. The van der Waals surface area contributed by atoms with Crippen molar-refractivity contribution >= 4 is 34.1 Å². The standard InChI is InChI=1S/C25H30N4O3/c1-4-28(25(31)19-5-10-23-22(15-19)17(2)18(3)26-23)16-24(30)27-20-6-8-21(9-7-20)29-11-13-32-14-12-29/h5-10,15,26H,4,11-14,16H2,1-3H3,(H,27,30). The SMILES string of the molecule is CCN(CC(=O)Nc1ccc(N2CCOCC2)cc1)C(=O)c1ccc2[nH]c(C)c(C)c2c1. The molecule has 0 radical (unpaired) electrons. The summed E-state index contributed by atoms with van der Waals surface area (Å²) in [6, 6.07) is 13.4. The molecule has 0 aliphatic carbocycles. The summed E-state index contributed by atoms with van der Waals surface area (Å²) in [6.45, 7) is 9.59. The van der Waals surface area contributed by atoms with E-state index in [1.807, 2.05) is 63.2 Å². The molecule has 168 valence electrons. The van der Waals surface area contributed by atoms with Crippen LogP contribution in [0, 0.1) is 13.8 Å². The van der Waals surface area contributed by atoms with E-state index in [2.05, 4.69) is 15.2 Å². The van der Waals surface area contributed by atoms with Gasteiger partial charge in [-0.05, 0) is 68.8 Å². The summed E-state index contributed by atoms with van der Waals surface area (Å²) in [5.41, 5.74) is 5.66. The quantitative estimate of drug-likeness (QED) is 0.620. The van der Waals surface area contributed by atoms with E-state index in [1.54, 1.807) is 4.90 Å². The Morgan fingerprint density at radius 1 is 1.09 bits per heavy atom. The number of morpholine rings is 1. The van der Waals surface area contributed by atoms with Crippen molar-refractivity contribution in [2.24, 2.45) is 0 Å². The molecule has 1 fully saturated rings. The van der Waals surface area contributed by atoms with Crippen LogP contribution in [0.5, 0.6) is 0 Å². The Balaban J connectivity index is 1.40. The zero-order valence-electron chi connectivity index (χ0n) is 18.9. The fourth-order valence-electron chi connectivity index (χ4n) is 4.06. The summed E-state index contributed by atoms with van der Waals surface area (Å²) in [7, 11) is 0. The minimum atomic E-state index is -0.214. The number of hydrogen-bond donors (Lipinski definition) is 2. The number of aromatic amines is 1. The lowest BCUT2D eigenvalue weighted by molar-refractivity contribution is -0.116. The molecule has 0 saturated carbocycles. The molecule has 7 heteroatoms. The lowest BCUT2D eigenvalue weighted by Crippen LogP contribution is -2.38. The van der Waals surface area contributed by atoms with Gasteiger partial charge in [-0.1, -0.05) is 0 Å². The van der Waals surface area contributed by atoms with Crippen molar-refractivity contribution in [1.82, 2.24) is 9.88 Å². The van der Waals surface area contributed by atoms with E-state index in [0.717, 1.165) is 59.8 Å². The maximum Gasteiger partial charge on any atom is 0.254 e. The molecule has 2 aromatic carbocycles. The molecule has 3 aromatic rings.